The maximum absolute atomic E-state index is 11.1. The summed E-state index contributed by atoms with van der Waals surface area (Å²) in [6, 6.07) is 0. The summed E-state index contributed by atoms with van der Waals surface area (Å²) in [4.78, 5) is 2.51. The molecule has 0 aromatic carbocycles. The minimum absolute atomic E-state index is 0.0796. The monoisotopic (exact) mass is 267 g/mol. The van der Waals surface area contributed by atoms with Crippen LogP contribution in [0.3, 0.4) is 0 Å². The molecule has 0 aromatic heterocycles. The standard InChI is InChI=1S/C16H29NO2/c1-14(2)13-4-5-16(12-13,15(14,3)18)6-7-17-8-10-19-11-9-17/h13,18H,4-12H2,1-3H3/t13-,15-,16-/m1/s1. The van der Waals surface area contributed by atoms with E-state index in [9.17, 15) is 5.11 Å². The molecule has 3 heteroatoms. The first kappa shape index (κ1) is 13.8. The van der Waals surface area contributed by atoms with Crippen LogP contribution in [0, 0.1) is 16.7 Å². The summed E-state index contributed by atoms with van der Waals surface area (Å²) in [7, 11) is 0. The first-order chi connectivity index (χ1) is 8.89. The lowest BCUT2D eigenvalue weighted by Gasteiger charge is -2.50. The van der Waals surface area contributed by atoms with Gasteiger partial charge in [0, 0.05) is 18.5 Å². The molecule has 0 radical (unpaired) electrons. The average Bonchev–Trinajstić information content (AvgIpc) is 2.88. The molecule has 3 atom stereocenters. The Balaban J connectivity index is 1.69. The van der Waals surface area contributed by atoms with Gasteiger partial charge in [-0.1, -0.05) is 13.8 Å². The van der Waals surface area contributed by atoms with Crippen LogP contribution in [0.4, 0.5) is 0 Å². The molecule has 2 bridgehead atoms. The highest BCUT2D eigenvalue weighted by Crippen LogP contribution is 2.69. The van der Waals surface area contributed by atoms with Crippen molar-refractivity contribution < 1.29 is 9.84 Å². The lowest BCUT2D eigenvalue weighted by molar-refractivity contribution is -0.139. The van der Waals surface area contributed by atoms with Crippen LogP contribution >= 0.6 is 0 Å². The third-order valence-corrected chi connectivity index (χ3v) is 6.93. The number of hydrogen-bond acceptors (Lipinski definition) is 3. The highest BCUT2D eigenvalue weighted by Gasteiger charge is 2.67. The Morgan fingerprint density at radius 1 is 1.21 bits per heavy atom. The molecular weight excluding hydrogens is 238 g/mol. The molecular formula is C16H29NO2. The largest absolute Gasteiger partial charge is 0.389 e. The zero-order chi connectivity index (χ0) is 13.7. The fourth-order valence-electron chi connectivity index (χ4n) is 4.93. The summed E-state index contributed by atoms with van der Waals surface area (Å²) in [6.45, 7) is 11.6. The third-order valence-electron chi connectivity index (χ3n) is 6.93. The number of nitrogens with zero attached hydrogens (tertiary/aromatic N) is 1. The summed E-state index contributed by atoms with van der Waals surface area (Å²) in [5.41, 5.74) is -0.259. The maximum atomic E-state index is 11.1. The molecule has 19 heavy (non-hydrogen) atoms. The van der Waals surface area contributed by atoms with E-state index < -0.39 is 5.60 Å². The van der Waals surface area contributed by atoms with Gasteiger partial charge in [-0.2, -0.15) is 0 Å². The van der Waals surface area contributed by atoms with Crippen molar-refractivity contribution in [2.75, 3.05) is 32.8 Å². The van der Waals surface area contributed by atoms with E-state index in [4.69, 9.17) is 4.74 Å². The molecule has 3 rings (SSSR count). The predicted octanol–water partition coefficient (Wildman–Crippen LogP) is 2.29. The van der Waals surface area contributed by atoms with E-state index in [-0.39, 0.29) is 10.8 Å². The lowest BCUT2D eigenvalue weighted by Crippen LogP contribution is -2.53. The molecule has 3 aliphatic rings. The summed E-state index contributed by atoms with van der Waals surface area (Å²) in [5, 5.41) is 11.1. The van der Waals surface area contributed by atoms with E-state index in [1.807, 2.05) is 0 Å². The molecule has 110 valence electrons. The first-order valence-corrected chi connectivity index (χ1v) is 7.92. The van der Waals surface area contributed by atoms with Crippen LogP contribution in [0.1, 0.15) is 46.5 Å². The van der Waals surface area contributed by atoms with Gasteiger partial charge in [-0.25, -0.2) is 0 Å². The summed E-state index contributed by atoms with van der Waals surface area (Å²) >= 11 is 0. The van der Waals surface area contributed by atoms with E-state index in [1.54, 1.807) is 0 Å². The first-order valence-electron chi connectivity index (χ1n) is 7.92. The molecule has 1 N–H and O–H groups in total. The number of hydrogen-bond donors (Lipinski definition) is 1. The van der Waals surface area contributed by atoms with Gasteiger partial charge in [-0.3, -0.25) is 4.90 Å². The van der Waals surface area contributed by atoms with Crippen LogP contribution in [0.2, 0.25) is 0 Å². The Bertz CT molecular complexity index is 347. The lowest BCUT2D eigenvalue weighted by atomic mass is 9.59. The van der Waals surface area contributed by atoms with Crippen molar-refractivity contribution in [3.63, 3.8) is 0 Å². The molecule has 1 saturated heterocycles. The number of ether oxygens (including phenoxy) is 1. The minimum Gasteiger partial charge on any atom is -0.389 e. The van der Waals surface area contributed by atoms with Crippen molar-refractivity contribution in [3.8, 4) is 0 Å². The average molecular weight is 267 g/mol. The summed E-state index contributed by atoms with van der Waals surface area (Å²) < 4.78 is 5.41. The molecule has 1 aliphatic heterocycles. The van der Waals surface area contributed by atoms with Crippen molar-refractivity contribution in [2.45, 2.75) is 52.1 Å². The fourth-order valence-corrected chi connectivity index (χ4v) is 4.93. The SMILES string of the molecule is CC1(C)[C@@H]2CC[C@@](CCN3CCOCC3)(C2)[C@]1(C)O. The van der Waals surface area contributed by atoms with Gasteiger partial charge in [0.05, 0.1) is 18.8 Å². The highest BCUT2D eigenvalue weighted by molar-refractivity contribution is 5.17. The molecule has 0 unspecified atom stereocenters. The molecule has 0 spiro atoms. The van der Waals surface area contributed by atoms with E-state index in [0.717, 1.165) is 39.3 Å². The van der Waals surface area contributed by atoms with Crippen LogP contribution in [0.15, 0.2) is 0 Å². The number of aliphatic hydroxyl groups is 1. The molecule has 3 fully saturated rings. The normalized spacial score (nSPS) is 45.8. The van der Waals surface area contributed by atoms with E-state index in [2.05, 4.69) is 25.7 Å². The zero-order valence-electron chi connectivity index (χ0n) is 12.7. The van der Waals surface area contributed by atoms with Gasteiger partial charge in [0.2, 0.25) is 0 Å². The Kier molecular flexibility index (Phi) is 3.23. The third kappa shape index (κ3) is 1.89. The molecule has 2 saturated carbocycles. The summed E-state index contributed by atoms with van der Waals surface area (Å²) in [6.07, 6.45) is 4.92. The Hall–Kier alpha value is -0.120. The second-order valence-electron chi connectivity index (χ2n) is 7.72. The van der Waals surface area contributed by atoms with Gasteiger partial charge in [0.15, 0.2) is 0 Å². The van der Waals surface area contributed by atoms with Gasteiger partial charge >= 0.3 is 0 Å². The van der Waals surface area contributed by atoms with Crippen LogP contribution in [0.5, 0.6) is 0 Å². The van der Waals surface area contributed by atoms with Crippen LogP contribution in [0.25, 0.3) is 0 Å². The Morgan fingerprint density at radius 2 is 1.89 bits per heavy atom. The van der Waals surface area contributed by atoms with Gasteiger partial charge in [-0.15, -0.1) is 0 Å². The minimum atomic E-state index is -0.505. The van der Waals surface area contributed by atoms with Gasteiger partial charge < -0.3 is 9.84 Å². The number of rotatable bonds is 3. The van der Waals surface area contributed by atoms with Crippen LogP contribution < -0.4 is 0 Å². The molecule has 2 aliphatic carbocycles. The highest BCUT2D eigenvalue weighted by atomic mass is 16.5. The molecule has 3 nitrogen and oxygen atoms in total. The van der Waals surface area contributed by atoms with Gasteiger partial charge in [0.25, 0.3) is 0 Å². The van der Waals surface area contributed by atoms with Gasteiger partial charge in [0.1, 0.15) is 0 Å². The van der Waals surface area contributed by atoms with Crippen molar-refractivity contribution in [1.82, 2.24) is 4.90 Å². The quantitative estimate of drug-likeness (QED) is 0.851. The van der Waals surface area contributed by atoms with Crippen LogP contribution in [-0.4, -0.2) is 48.5 Å². The number of morpholine rings is 1. The molecule has 1 heterocycles. The van der Waals surface area contributed by atoms with Crippen molar-refractivity contribution in [1.29, 1.82) is 0 Å². The molecule has 0 aromatic rings. The van der Waals surface area contributed by atoms with Crippen molar-refractivity contribution in [2.24, 2.45) is 16.7 Å². The Labute approximate surface area is 117 Å². The maximum Gasteiger partial charge on any atom is 0.0729 e. The van der Waals surface area contributed by atoms with E-state index in [1.165, 1.54) is 19.3 Å². The molecule has 0 amide bonds. The van der Waals surface area contributed by atoms with E-state index in [0.29, 0.717) is 5.92 Å². The summed E-state index contributed by atoms with van der Waals surface area (Å²) in [5.74, 6) is 0.715. The second-order valence-corrected chi connectivity index (χ2v) is 7.72. The second kappa shape index (κ2) is 4.44. The smallest absolute Gasteiger partial charge is 0.0729 e. The van der Waals surface area contributed by atoms with E-state index >= 15 is 0 Å². The van der Waals surface area contributed by atoms with Crippen molar-refractivity contribution >= 4 is 0 Å². The fraction of sp³-hybridized carbons (Fsp3) is 1.00. The van der Waals surface area contributed by atoms with Gasteiger partial charge in [-0.05, 0) is 50.5 Å². The predicted molar refractivity (Wildman–Crippen MR) is 76.1 cm³/mol. The Morgan fingerprint density at radius 3 is 2.47 bits per heavy atom. The zero-order valence-corrected chi connectivity index (χ0v) is 12.7. The van der Waals surface area contributed by atoms with Crippen LogP contribution in [-0.2, 0) is 4.74 Å². The topological polar surface area (TPSA) is 32.7 Å². The number of fused-ring (bicyclic) bond motifs is 2. The van der Waals surface area contributed by atoms with Crippen molar-refractivity contribution in [3.05, 3.63) is 0 Å².